The molecular weight excluding hydrogens is 230 g/mol. The summed E-state index contributed by atoms with van der Waals surface area (Å²) in [5.74, 6) is 0. The molecule has 1 aromatic rings. The molecule has 1 aromatic heterocycles. The van der Waals surface area contributed by atoms with E-state index in [1.54, 1.807) is 11.6 Å². The average Bonchev–Trinajstić information content (AvgIpc) is 2.61. The molecule has 0 bridgehead atoms. The number of hydrogen-bond donors (Lipinski definition) is 0. The molecule has 0 fully saturated rings. The van der Waals surface area contributed by atoms with Crippen molar-refractivity contribution in [1.82, 2.24) is 14.0 Å². The Bertz CT molecular complexity index is 604. The maximum atomic E-state index is 12.2. The lowest BCUT2D eigenvalue weighted by Crippen LogP contribution is -2.40. The molecular formula is C13H21N3O2. The fraction of sp³-hybridized carbons (Fsp3) is 0.692. The fourth-order valence-corrected chi connectivity index (χ4v) is 2.88. The second-order valence-electron chi connectivity index (χ2n) is 6.04. The van der Waals surface area contributed by atoms with Gasteiger partial charge >= 0.3 is 5.69 Å². The summed E-state index contributed by atoms with van der Waals surface area (Å²) in [6.07, 6.45) is 0. The average molecular weight is 251 g/mol. The van der Waals surface area contributed by atoms with E-state index in [0.717, 1.165) is 11.3 Å². The van der Waals surface area contributed by atoms with E-state index in [2.05, 4.69) is 32.6 Å². The van der Waals surface area contributed by atoms with Gasteiger partial charge in [0.1, 0.15) is 0 Å². The summed E-state index contributed by atoms with van der Waals surface area (Å²) in [5.41, 5.74) is 1.17. The molecule has 1 unspecified atom stereocenters. The second-order valence-corrected chi connectivity index (χ2v) is 6.04. The van der Waals surface area contributed by atoms with Gasteiger partial charge in [0.05, 0.1) is 5.56 Å². The lowest BCUT2D eigenvalue weighted by Gasteiger charge is -2.35. The van der Waals surface area contributed by atoms with Gasteiger partial charge in [0.15, 0.2) is 0 Å². The standard InChI is InChI=1S/C13H21N3O2/c1-8-10-9(7-16(8)13(2,3)4)11(17)15(6)12(18)14(10)5/h8H,7H2,1-6H3. The van der Waals surface area contributed by atoms with Gasteiger partial charge in [-0.1, -0.05) is 0 Å². The minimum absolute atomic E-state index is 0.0283. The van der Waals surface area contributed by atoms with Gasteiger partial charge in [-0.2, -0.15) is 0 Å². The summed E-state index contributed by atoms with van der Waals surface area (Å²) < 4.78 is 2.80. The Hall–Kier alpha value is -1.36. The maximum absolute atomic E-state index is 12.2. The van der Waals surface area contributed by atoms with E-state index in [0.29, 0.717) is 6.54 Å². The van der Waals surface area contributed by atoms with Gasteiger partial charge < -0.3 is 0 Å². The summed E-state index contributed by atoms with van der Waals surface area (Å²) in [5, 5.41) is 0. The van der Waals surface area contributed by atoms with Crippen molar-refractivity contribution in [2.75, 3.05) is 0 Å². The zero-order valence-corrected chi connectivity index (χ0v) is 11.9. The van der Waals surface area contributed by atoms with E-state index in [1.807, 2.05) is 0 Å². The molecule has 0 radical (unpaired) electrons. The van der Waals surface area contributed by atoms with Crippen LogP contribution in [0.1, 0.15) is 45.0 Å². The number of aromatic nitrogens is 2. The Kier molecular flexibility index (Phi) is 2.77. The summed E-state index contributed by atoms with van der Waals surface area (Å²) in [6, 6.07) is 0.0894. The first kappa shape index (κ1) is 13.1. The Morgan fingerprint density at radius 2 is 1.67 bits per heavy atom. The van der Waals surface area contributed by atoms with Crippen LogP contribution in [-0.4, -0.2) is 19.6 Å². The summed E-state index contributed by atoms with van der Waals surface area (Å²) >= 11 is 0. The normalized spacial score (nSPS) is 20.2. The van der Waals surface area contributed by atoms with Crippen molar-refractivity contribution in [2.24, 2.45) is 14.1 Å². The van der Waals surface area contributed by atoms with Crippen LogP contribution in [0.3, 0.4) is 0 Å². The van der Waals surface area contributed by atoms with Crippen molar-refractivity contribution in [2.45, 2.75) is 45.8 Å². The highest BCUT2D eigenvalue weighted by atomic mass is 16.2. The highest BCUT2D eigenvalue weighted by Crippen LogP contribution is 2.35. The van der Waals surface area contributed by atoms with Crippen molar-refractivity contribution >= 4 is 0 Å². The molecule has 18 heavy (non-hydrogen) atoms. The molecule has 1 aliphatic rings. The van der Waals surface area contributed by atoms with Gasteiger partial charge in [0.25, 0.3) is 5.56 Å². The smallest absolute Gasteiger partial charge is 0.299 e. The quantitative estimate of drug-likeness (QED) is 0.684. The molecule has 1 aliphatic heterocycles. The SMILES string of the molecule is CC1c2c(c(=O)n(C)c(=O)n2C)CN1C(C)(C)C. The van der Waals surface area contributed by atoms with Crippen LogP contribution in [0.2, 0.25) is 0 Å². The molecule has 0 saturated heterocycles. The Balaban J connectivity index is 2.71. The van der Waals surface area contributed by atoms with Crippen LogP contribution in [0.15, 0.2) is 9.59 Å². The second kappa shape index (κ2) is 3.82. The fourth-order valence-electron chi connectivity index (χ4n) is 2.88. The monoisotopic (exact) mass is 251 g/mol. The van der Waals surface area contributed by atoms with Crippen LogP contribution in [-0.2, 0) is 20.6 Å². The molecule has 100 valence electrons. The Morgan fingerprint density at radius 1 is 1.11 bits per heavy atom. The largest absolute Gasteiger partial charge is 0.330 e. The van der Waals surface area contributed by atoms with E-state index >= 15 is 0 Å². The van der Waals surface area contributed by atoms with Crippen molar-refractivity contribution in [3.05, 3.63) is 32.1 Å². The van der Waals surface area contributed by atoms with Crippen molar-refractivity contribution < 1.29 is 0 Å². The third-order valence-electron chi connectivity index (χ3n) is 3.86. The van der Waals surface area contributed by atoms with Crippen LogP contribution in [0.4, 0.5) is 0 Å². The zero-order valence-electron chi connectivity index (χ0n) is 11.9. The van der Waals surface area contributed by atoms with E-state index in [9.17, 15) is 9.59 Å². The van der Waals surface area contributed by atoms with Gasteiger partial charge in [-0.3, -0.25) is 18.8 Å². The Morgan fingerprint density at radius 3 is 2.17 bits per heavy atom. The van der Waals surface area contributed by atoms with Crippen LogP contribution in [0, 0.1) is 0 Å². The van der Waals surface area contributed by atoms with Crippen molar-refractivity contribution in [1.29, 1.82) is 0 Å². The van der Waals surface area contributed by atoms with Crippen molar-refractivity contribution in [3.8, 4) is 0 Å². The molecule has 0 amide bonds. The lowest BCUT2D eigenvalue weighted by molar-refractivity contribution is 0.0976. The third-order valence-corrected chi connectivity index (χ3v) is 3.86. The minimum Gasteiger partial charge on any atom is -0.299 e. The highest BCUT2D eigenvalue weighted by Gasteiger charge is 2.37. The summed E-state index contributed by atoms with van der Waals surface area (Å²) in [6.45, 7) is 9.03. The van der Waals surface area contributed by atoms with Gasteiger partial charge in [0.2, 0.25) is 0 Å². The van der Waals surface area contributed by atoms with E-state index < -0.39 is 0 Å². The van der Waals surface area contributed by atoms with Gasteiger partial charge in [-0.15, -0.1) is 0 Å². The van der Waals surface area contributed by atoms with Gasteiger partial charge in [-0.25, -0.2) is 4.79 Å². The first-order valence-corrected chi connectivity index (χ1v) is 6.21. The first-order chi connectivity index (χ1) is 8.16. The van der Waals surface area contributed by atoms with Gasteiger partial charge in [0, 0.05) is 37.9 Å². The van der Waals surface area contributed by atoms with E-state index in [4.69, 9.17) is 0 Å². The number of nitrogens with zero attached hydrogens (tertiary/aromatic N) is 3. The minimum atomic E-state index is -0.249. The van der Waals surface area contributed by atoms with Crippen LogP contribution >= 0.6 is 0 Å². The molecule has 2 heterocycles. The predicted molar refractivity (Wildman–Crippen MR) is 70.6 cm³/mol. The van der Waals surface area contributed by atoms with Crippen molar-refractivity contribution in [3.63, 3.8) is 0 Å². The lowest BCUT2D eigenvalue weighted by atomic mass is 10.1. The molecule has 5 heteroatoms. The summed E-state index contributed by atoms with van der Waals surface area (Å²) in [7, 11) is 3.28. The van der Waals surface area contributed by atoms with E-state index in [-0.39, 0.29) is 22.8 Å². The number of hydrogen-bond acceptors (Lipinski definition) is 3. The molecule has 1 atom stereocenters. The number of fused-ring (bicyclic) bond motifs is 1. The first-order valence-electron chi connectivity index (χ1n) is 6.21. The molecule has 0 aliphatic carbocycles. The number of rotatable bonds is 0. The predicted octanol–water partition coefficient (Wildman–Crippen LogP) is 0.759. The van der Waals surface area contributed by atoms with Crippen LogP contribution in [0.25, 0.3) is 0 Å². The highest BCUT2D eigenvalue weighted by molar-refractivity contribution is 5.27. The van der Waals surface area contributed by atoms with Gasteiger partial charge in [-0.05, 0) is 27.7 Å². The zero-order chi connectivity index (χ0) is 13.8. The third kappa shape index (κ3) is 1.65. The molecule has 2 rings (SSSR count). The van der Waals surface area contributed by atoms with Crippen LogP contribution < -0.4 is 11.2 Å². The van der Waals surface area contributed by atoms with Crippen LogP contribution in [0.5, 0.6) is 0 Å². The Labute approximate surface area is 107 Å². The molecule has 0 spiro atoms. The molecule has 0 N–H and O–H groups in total. The summed E-state index contributed by atoms with van der Waals surface area (Å²) in [4.78, 5) is 26.4. The maximum Gasteiger partial charge on any atom is 0.330 e. The molecule has 5 nitrogen and oxygen atoms in total. The van der Waals surface area contributed by atoms with E-state index in [1.165, 1.54) is 11.6 Å². The molecule has 0 saturated carbocycles. The topological polar surface area (TPSA) is 47.2 Å². The molecule has 0 aromatic carbocycles.